The molecule has 0 bridgehead atoms. The first-order chi connectivity index (χ1) is 10.4. The summed E-state index contributed by atoms with van der Waals surface area (Å²) in [7, 11) is 0. The fraction of sp³-hybridized carbons (Fsp3) is 0.412. The van der Waals surface area contributed by atoms with E-state index in [2.05, 4.69) is 10.4 Å². The maximum absolute atomic E-state index is 12.7. The van der Waals surface area contributed by atoms with Crippen LogP contribution in [0.5, 0.6) is 0 Å². The van der Waals surface area contributed by atoms with E-state index in [1.54, 1.807) is 4.68 Å². The van der Waals surface area contributed by atoms with Gasteiger partial charge in [0.15, 0.2) is 0 Å². The highest BCUT2D eigenvalue weighted by molar-refractivity contribution is 6.31. The van der Waals surface area contributed by atoms with E-state index >= 15 is 0 Å². The first-order valence-electron chi connectivity index (χ1n) is 7.45. The molecule has 2 rings (SSSR count). The Hall–Kier alpha value is -1.81. The van der Waals surface area contributed by atoms with Gasteiger partial charge in [0.25, 0.3) is 0 Å². The molecule has 5 heteroatoms. The normalized spacial score (nSPS) is 12.3. The molecular weight excluding hydrogens is 298 g/mol. The van der Waals surface area contributed by atoms with Gasteiger partial charge in [0.1, 0.15) is 6.04 Å². The molecule has 0 saturated carbocycles. The smallest absolute Gasteiger partial charge is 0.249 e. The molecule has 1 aromatic carbocycles. The number of carbonyl (C=O) groups excluding carboxylic acids is 1. The third-order valence-corrected chi connectivity index (χ3v) is 4.63. The number of aromatic nitrogens is 2. The second kappa shape index (κ2) is 6.53. The van der Waals surface area contributed by atoms with Crippen molar-refractivity contribution in [3.8, 4) is 0 Å². The van der Waals surface area contributed by atoms with Crippen molar-refractivity contribution < 1.29 is 4.79 Å². The van der Waals surface area contributed by atoms with Crippen LogP contribution in [0, 0.1) is 27.7 Å². The number of amides is 1. The fourth-order valence-electron chi connectivity index (χ4n) is 2.52. The van der Waals surface area contributed by atoms with E-state index in [1.807, 2.05) is 52.8 Å². The molecule has 0 aliphatic heterocycles. The largest absolute Gasteiger partial charge is 0.324 e. The second-order valence-electron chi connectivity index (χ2n) is 5.59. The lowest BCUT2D eigenvalue weighted by atomic mass is 10.1. The minimum Gasteiger partial charge on any atom is -0.324 e. The van der Waals surface area contributed by atoms with Crippen LogP contribution in [-0.2, 0) is 4.79 Å². The van der Waals surface area contributed by atoms with E-state index in [-0.39, 0.29) is 11.9 Å². The topological polar surface area (TPSA) is 46.9 Å². The second-order valence-corrected chi connectivity index (χ2v) is 5.97. The van der Waals surface area contributed by atoms with Gasteiger partial charge < -0.3 is 5.32 Å². The van der Waals surface area contributed by atoms with Crippen molar-refractivity contribution in [2.75, 3.05) is 5.32 Å². The zero-order chi connectivity index (χ0) is 16.4. The number of benzene rings is 1. The van der Waals surface area contributed by atoms with Gasteiger partial charge in [-0.1, -0.05) is 30.7 Å². The number of rotatable bonds is 4. The minimum absolute atomic E-state index is 0.0709. The van der Waals surface area contributed by atoms with E-state index in [1.165, 1.54) is 0 Å². The van der Waals surface area contributed by atoms with E-state index in [9.17, 15) is 4.79 Å². The van der Waals surface area contributed by atoms with Gasteiger partial charge in [-0.25, -0.2) is 0 Å². The third kappa shape index (κ3) is 3.02. The van der Waals surface area contributed by atoms with Crippen LogP contribution in [0.2, 0.25) is 5.02 Å². The third-order valence-electron chi connectivity index (χ3n) is 4.08. The lowest BCUT2D eigenvalue weighted by Crippen LogP contribution is -2.27. The molecule has 0 saturated heterocycles. The molecule has 0 spiro atoms. The standard InChI is InChI=1S/C17H22ClN3O/c1-6-15(21-13(5)16(18)12(4)20-21)17(22)19-14-9-7-8-10(2)11(14)3/h7-9,15H,6H2,1-5H3,(H,19,22). The average Bonchev–Trinajstić information content (AvgIpc) is 2.73. The van der Waals surface area contributed by atoms with Gasteiger partial charge in [0.05, 0.1) is 16.4 Å². The molecule has 1 aromatic heterocycles. The van der Waals surface area contributed by atoms with Gasteiger partial charge in [0, 0.05) is 5.69 Å². The van der Waals surface area contributed by atoms with E-state index in [4.69, 9.17) is 11.6 Å². The lowest BCUT2D eigenvalue weighted by Gasteiger charge is -2.18. The SMILES string of the molecule is CCC(C(=O)Nc1cccc(C)c1C)n1nc(C)c(Cl)c1C. The molecule has 0 aliphatic rings. The summed E-state index contributed by atoms with van der Waals surface area (Å²) in [4.78, 5) is 12.7. The molecule has 0 radical (unpaired) electrons. The summed E-state index contributed by atoms with van der Waals surface area (Å²) >= 11 is 6.20. The quantitative estimate of drug-likeness (QED) is 0.910. The number of carbonyl (C=O) groups is 1. The summed E-state index contributed by atoms with van der Waals surface area (Å²) in [6.07, 6.45) is 0.648. The highest BCUT2D eigenvalue weighted by Gasteiger charge is 2.23. The molecule has 1 unspecified atom stereocenters. The monoisotopic (exact) mass is 319 g/mol. The maximum atomic E-state index is 12.7. The van der Waals surface area contributed by atoms with Crippen LogP contribution in [0.3, 0.4) is 0 Å². The Morgan fingerprint density at radius 3 is 2.55 bits per heavy atom. The number of nitrogens with zero attached hydrogens (tertiary/aromatic N) is 2. The molecule has 1 N–H and O–H groups in total. The Labute approximate surface area is 136 Å². The first kappa shape index (κ1) is 16.6. The van der Waals surface area contributed by atoms with Gasteiger partial charge in [-0.2, -0.15) is 5.10 Å². The summed E-state index contributed by atoms with van der Waals surface area (Å²) < 4.78 is 1.72. The van der Waals surface area contributed by atoms with Crippen molar-refractivity contribution >= 4 is 23.2 Å². The number of nitrogens with one attached hydrogen (secondary N) is 1. The highest BCUT2D eigenvalue weighted by atomic mass is 35.5. The number of halogens is 1. The highest BCUT2D eigenvalue weighted by Crippen LogP contribution is 2.25. The van der Waals surface area contributed by atoms with Crippen LogP contribution in [0.15, 0.2) is 18.2 Å². The Bertz CT molecular complexity index is 706. The van der Waals surface area contributed by atoms with Gasteiger partial charge in [0.2, 0.25) is 5.91 Å². The van der Waals surface area contributed by atoms with Crippen molar-refractivity contribution in [1.29, 1.82) is 0 Å². The Kier molecular flexibility index (Phi) is 4.91. The predicted molar refractivity (Wildman–Crippen MR) is 90.6 cm³/mol. The maximum Gasteiger partial charge on any atom is 0.249 e. The molecular formula is C17H22ClN3O. The van der Waals surface area contributed by atoms with Gasteiger partial charge in [-0.05, 0) is 51.3 Å². The van der Waals surface area contributed by atoms with Gasteiger partial charge in [-0.3, -0.25) is 9.48 Å². The van der Waals surface area contributed by atoms with Crippen molar-refractivity contribution in [3.63, 3.8) is 0 Å². The van der Waals surface area contributed by atoms with Crippen LogP contribution in [-0.4, -0.2) is 15.7 Å². The van der Waals surface area contributed by atoms with Crippen LogP contribution in [0.4, 0.5) is 5.69 Å². The van der Waals surface area contributed by atoms with Crippen molar-refractivity contribution in [1.82, 2.24) is 9.78 Å². The van der Waals surface area contributed by atoms with Gasteiger partial charge in [-0.15, -0.1) is 0 Å². The predicted octanol–water partition coefficient (Wildman–Crippen LogP) is 4.36. The molecule has 1 atom stereocenters. The van der Waals surface area contributed by atoms with Crippen LogP contribution < -0.4 is 5.32 Å². The van der Waals surface area contributed by atoms with Crippen LogP contribution in [0.25, 0.3) is 0 Å². The molecule has 4 nitrogen and oxygen atoms in total. The van der Waals surface area contributed by atoms with Gasteiger partial charge >= 0.3 is 0 Å². The molecule has 0 fully saturated rings. The number of hydrogen-bond donors (Lipinski definition) is 1. The first-order valence-corrected chi connectivity index (χ1v) is 7.82. The van der Waals surface area contributed by atoms with Crippen LogP contribution in [0.1, 0.15) is 41.9 Å². The van der Waals surface area contributed by atoms with Crippen LogP contribution >= 0.6 is 11.6 Å². The van der Waals surface area contributed by atoms with Crippen molar-refractivity contribution in [2.45, 2.75) is 47.1 Å². The van der Waals surface area contributed by atoms with Crippen molar-refractivity contribution in [3.05, 3.63) is 45.7 Å². The fourth-order valence-corrected chi connectivity index (χ4v) is 2.64. The molecule has 118 valence electrons. The summed E-state index contributed by atoms with van der Waals surface area (Å²) in [5, 5.41) is 8.04. The lowest BCUT2D eigenvalue weighted by molar-refractivity contribution is -0.119. The summed E-state index contributed by atoms with van der Waals surface area (Å²) in [6, 6.07) is 5.52. The zero-order valence-electron chi connectivity index (χ0n) is 13.7. The molecule has 2 aromatic rings. The summed E-state index contributed by atoms with van der Waals surface area (Å²) in [5.41, 5.74) is 4.65. The minimum atomic E-state index is -0.369. The molecule has 1 heterocycles. The van der Waals surface area contributed by atoms with E-state index in [0.29, 0.717) is 11.4 Å². The van der Waals surface area contributed by atoms with Crippen molar-refractivity contribution in [2.24, 2.45) is 0 Å². The van der Waals surface area contributed by atoms with E-state index < -0.39 is 0 Å². The molecule has 1 amide bonds. The number of aryl methyl sites for hydroxylation is 2. The number of anilines is 1. The van der Waals surface area contributed by atoms with E-state index in [0.717, 1.165) is 28.2 Å². The summed E-state index contributed by atoms with van der Waals surface area (Å²) in [5.74, 6) is -0.0709. The Morgan fingerprint density at radius 2 is 2.00 bits per heavy atom. The Morgan fingerprint density at radius 1 is 1.32 bits per heavy atom. The Balaban J connectivity index is 2.29. The zero-order valence-corrected chi connectivity index (χ0v) is 14.5. The molecule has 0 aliphatic carbocycles. The average molecular weight is 320 g/mol. The molecule has 22 heavy (non-hydrogen) atoms. The number of hydrogen-bond acceptors (Lipinski definition) is 2. The summed E-state index contributed by atoms with van der Waals surface area (Å²) in [6.45, 7) is 9.74.